The van der Waals surface area contributed by atoms with Crippen molar-refractivity contribution in [2.24, 2.45) is 0 Å². The van der Waals surface area contributed by atoms with Crippen LogP contribution in [0.4, 0.5) is 0 Å². The summed E-state index contributed by atoms with van der Waals surface area (Å²) in [6, 6.07) is 0.941. The number of furan rings is 1. The molecule has 1 aromatic heterocycles. The van der Waals surface area contributed by atoms with Gasteiger partial charge in [0.05, 0.1) is 24.5 Å². The van der Waals surface area contributed by atoms with Gasteiger partial charge in [-0.25, -0.2) is 0 Å². The first-order valence-electron chi connectivity index (χ1n) is 7.97. The van der Waals surface area contributed by atoms with Crippen LogP contribution in [-0.2, 0) is 14.3 Å². The Bertz CT molecular complexity index is 483. The second-order valence-electron chi connectivity index (χ2n) is 5.56. The van der Waals surface area contributed by atoms with Crippen LogP contribution in [0.25, 0.3) is 0 Å². The van der Waals surface area contributed by atoms with Crippen LogP contribution in [0.5, 0.6) is 0 Å². The first kappa shape index (κ1) is 17.5. The summed E-state index contributed by atoms with van der Waals surface area (Å²) in [6.07, 6.45) is 5.86. The van der Waals surface area contributed by atoms with Gasteiger partial charge in [-0.1, -0.05) is 0 Å². The number of amides is 2. The summed E-state index contributed by atoms with van der Waals surface area (Å²) in [6.45, 7) is 4.17. The highest BCUT2D eigenvalue weighted by Gasteiger charge is 2.17. The van der Waals surface area contributed by atoms with Gasteiger partial charge in [0.25, 0.3) is 5.91 Å². The lowest BCUT2D eigenvalue weighted by atomic mass is 10.2. The molecular formula is C16H24N2O5. The Morgan fingerprint density at radius 3 is 3.04 bits per heavy atom. The third-order valence-corrected chi connectivity index (χ3v) is 3.62. The highest BCUT2D eigenvalue weighted by molar-refractivity contribution is 5.97. The van der Waals surface area contributed by atoms with Crippen LogP contribution in [-0.4, -0.2) is 50.3 Å². The number of carbonyl (C=O) groups is 2. The molecule has 1 fully saturated rings. The number of rotatable bonds is 9. The largest absolute Gasteiger partial charge is 0.472 e. The minimum Gasteiger partial charge on any atom is -0.472 e. The van der Waals surface area contributed by atoms with Gasteiger partial charge in [-0.05, 0) is 32.3 Å². The second-order valence-corrected chi connectivity index (χ2v) is 5.56. The van der Waals surface area contributed by atoms with E-state index in [-0.39, 0.29) is 17.9 Å². The molecule has 0 saturated carbocycles. The Labute approximate surface area is 135 Å². The fourth-order valence-electron chi connectivity index (χ4n) is 2.27. The molecule has 128 valence electrons. The second kappa shape index (κ2) is 9.32. The zero-order valence-electron chi connectivity index (χ0n) is 13.4. The van der Waals surface area contributed by atoms with Crippen molar-refractivity contribution in [2.45, 2.75) is 38.3 Å². The molecule has 2 amide bonds. The molecule has 2 rings (SSSR count). The predicted octanol–water partition coefficient (Wildman–Crippen LogP) is 1.10. The van der Waals surface area contributed by atoms with Gasteiger partial charge in [-0.3, -0.25) is 9.59 Å². The maximum Gasteiger partial charge on any atom is 0.255 e. The van der Waals surface area contributed by atoms with E-state index in [4.69, 9.17) is 13.9 Å². The SMILES string of the molecule is CC(NC(=O)c1ccoc1)C(=O)NCCCOCC1CCCO1. The number of nitrogens with one attached hydrogen (secondary N) is 2. The lowest BCUT2D eigenvalue weighted by molar-refractivity contribution is -0.122. The Morgan fingerprint density at radius 2 is 2.35 bits per heavy atom. The molecule has 1 aromatic rings. The molecular weight excluding hydrogens is 300 g/mol. The molecule has 0 aliphatic carbocycles. The van der Waals surface area contributed by atoms with Crippen LogP contribution in [0.3, 0.4) is 0 Å². The maximum atomic E-state index is 11.9. The minimum absolute atomic E-state index is 0.221. The van der Waals surface area contributed by atoms with E-state index < -0.39 is 6.04 Å². The van der Waals surface area contributed by atoms with Gasteiger partial charge in [-0.15, -0.1) is 0 Å². The topological polar surface area (TPSA) is 89.8 Å². The minimum atomic E-state index is -0.606. The number of ether oxygens (including phenoxy) is 2. The summed E-state index contributed by atoms with van der Waals surface area (Å²) < 4.78 is 15.8. The smallest absolute Gasteiger partial charge is 0.255 e. The van der Waals surface area contributed by atoms with Crippen molar-refractivity contribution in [1.82, 2.24) is 10.6 Å². The van der Waals surface area contributed by atoms with Gasteiger partial charge in [0.2, 0.25) is 5.91 Å². The number of hydrogen-bond donors (Lipinski definition) is 2. The van der Waals surface area contributed by atoms with E-state index in [1.807, 2.05) is 0 Å². The zero-order chi connectivity index (χ0) is 16.5. The third kappa shape index (κ3) is 6.03. The monoisotopic (exact) mass is 324 g/mol. The van der Waals surface area contributed by atoms with Crippen molar-refractivity contribution in [1.29, 1.82) is 0 Å². The maximum absolute atomic E-state index is 11.9. The molecule has 2 atom stereocenters. The van der Waals surface area contributed by atoms with E-state index in [1.54, 1.807) is 13.0 Å². The van der Waals surface area contributed by atoms with Crippen molar-refractivity contribution >= 4 is 11.8 Å². The molecule has 0 spiro atoms. The van der Waals surface area contributed by atoms with E-state index in [9.17, 15) is 9.59 Å². The first-order valence-corrected chi connectivity index (χ1v) is 7.97. The standard InChI is InChI=1S/C16H24N2O5/c1-12(18-16(20)13-5-9-22-10-13)15(19)17-6-3-7-21-11-14-4-2-8-23-14/h5,9-10,12,14H,2-4,6-8,11H2,1H3,(H,17,19)(H,18,20). The van der Waals surface area contributed by atoms with Crippen LogP contribution >= 0.6 is 0 Å². The quantitative estimate of drug-likeness (QED) is 0.664. The van der Waals surface area contributed by atoms with Crippen molar-refractivity contribution < 1.29 is 23.5 Å². The summed E-state index contributed by atoms with van der Waals surface area (Å²) in [5.74, 6) is -0.553. The summed E-state index contributed by atoms with van der Waals surface area (Å²) >= 11 is 0. The van der Waals surface area contributed by atoms with E-state index in [0.717, 1.165) is 25.9 Å². The van der Waals surface area contributed by atoms with Gasteiger partial charge < -0.3 is 24.5 Å². The van der Waals surface area contributed by atoms with Crippen LogP contribution < -0.4 is 10.6 Å². The molecule has 0 aromatic carbocycles. The molecule has 7 nitrogen and oxygen atoms in total. The predicted molar refractivity (Wildman–Crippen MR) is 83.1 cm³/mol. The first-order chi connectivity index (χ1) is 11.2. The molecule has 2 N–H and O–H groups in total. The zero-order valence-corrected chi connectivity index (χ0v) is 13.4. The Balaban J connectivity index is 1.52. The highest BCUT2D eigenvalue weighted by Crippen LogP contribution is 2.11. The Kier molecular flexibility index (Phi) is 7.09. The van der Waals surface area contributed by atoms with Gasteiger partial charge in [0, 0.05) is 19.8 Å². The van der Waals surface area contributed by atoms with Gasteiger partial charge in [0.1, 0.15) is 12.3 Å². The summed E-state index contributed by atoms with van der Waals surface area (Å²) in [4.78, 5) is 23.7. The average Bonchev–Trinajstić information content (AvgIpc) is 3.23. The van der Waals surface area contributed by atoms with Gasteiger partial charge >= 0.3 is 0 Å². The van der Waals surface area contributed by atoms with Crippen molar-refractivity contribution in [3.05, 3.63) is 24.2 Å². The summed E-state index contributed by atoms with van der Waals surface area (Å²) in [5.41, 5.74) is 0.396. The van der Waals surface area contributed by atoms with Gasteiger partial charge in [0.15, 0.2) is 0 Å². The van der Waals surface area contributed by atoms with E-state index >= 15 is 0 Å². The molecule has 1 aliphatic rings. The summed E-state index contributed by atoms with van der Waals surface area (Å²) in [5, 5.41) is 5.39. The van der Waals surface area contributed by atoms with Crippen LogP contribution in [0.2, 0.25) is 0 Å². The van der Waals surface area contributed by atoms with Gasteiger partial charge in [-0.2, -0.15) is 0 Å². The molecule has 2 heterocycles. The summed E-state index contributed by atoms with van der Waals surface area (Å²) in [7, 11) is 0. The normalized spacial score (nSPS) is 18.6. The van der Waals surface area contributed by atoms with Crippen LogP contribution in [0.1, 0.15) is 36.5 Å². The third-order valence-electron chi connectivity index (χ3n) is 3.62. The fourth-order valence-corrected chi connectivity index (χ4v) is 2.27. The Hall–Kier alpha value is -1.86. The van der Waals surface area contributed by atoms with E-state index in [2.05, 4.69) is 10.6 Å². The molecule has 0 bridgehead atoms. The molecule has 2 unspecified atom stereocenters. The molecule has 7 heteroatoms. The number of carbonyl (C=O) groups excluding carboxylic acids is 2. The van der Waals surface area contributed by atoms with Crippen LogP contribution in [0.15, 0.2) is 23.0 Å². The lowest BCUT2D eigenvalue weighted by Gasteiger charge is -2.14. The Morgan fingerprint density at radius 1 is 1.48 bits per heavy atom. The van der Waals surface area contributed by atoms with Crippen molar-refractivity contribution in [2.75, 3.05) is 26.4 Å². The molecule has 23 heavy (non-hydrogen) atoms. The highest BCUT2D eigenvalue weighted by atomic mass is 16.5. The molecule has 1 aliphatic heterocycles. The van der Waals surface area contributed by atoms with Crippen molar-refractivity contribution in [3.8, 4) is 0 Å². The van der Waals surface area contributed by atoms with E-state index in [0.29, 0.717) is 25.3 Å². The number of hydrogen-bond acceptors (Lipinski definition) is 5. The van der Waals surface area contributed by atoms with Crippen LogP contribution in [0, 0.1) is 0 Å². The average molecular weight is 324 g/mol. The molecule has 0 radical (unpaired) electrons. The fraction of sp³-hybridized carbons (Fsp3) is 0.625. The van der Waals surface area contributed by atoms with Crippen molar-refractivity contribution in [3.63, 3.8) is 0 Å². The lowest BCUT2D eigenvalue weighted by Crippen LogP contribution is -2.45. The molecule has 1 saturated heterocycles. The van der Waals surface area contributed by atoms with E-state index in [1.165, 1.54) is 12.5 Å².